The summed E-state index contributed by atoms with van der Waals surface area (Å²) in [5, 5.41) is 7.78. The molecule has 0 aliphatic carbocycles. The van der Waals surface area contributed by atoms with Crippen LogP contribution in [0.15, 0.2) is 36.4 Å². The van der Waals surface area contributed by atoms with Crippen molar-refractivity contribution in [2.45, 2.75) is 13.0 Å². The van der Waals surface area contributed by atoms with Crippen molar-refractivity contribution >= 4 is 34.1 Å². The van der Waals surface area contributed by atoms with Gasteiger partial charge in [-0.25, -0.2) is 0 Å². The monoisotopic (exact) mass is 429 g/mol. The second-order valence-electron chi connectivity index (χ2n) is 7.05. The van der Waals surface area contributed by atoms with Crippen LogP contribution in [0.1, 0.15) is 22.5 Å². The third kappa shape index (κ3) is 4.70. The summed E-state index contributed by atoms with van der Waals surface area (Å²) in [6, 6.07) is 11.0. The molecule has 0 spiro atoms. The van der Waals surface area contributed by atoms with E-state index in [1.54, 1.807) is 25.3 Å². The van der Waals surface area contributed by atoms with Gasteiger partial charge in [-0.1, -0.05) is 11.6 Å². The van der Waals surface area contributed by atoms with E-state index in [0.29, 0.717) is 55.1 Å². The van der Waals surface area contributed by atoms with Crippen LogP contribution in [0.5, 0.6) is 11.5 Å². The highest BCUT2D eigenvalue weighted by molar-refractivity contribution is 6.31. The molecule has 0 bridgehead atoms. The van der Waals surface area contributed by atoms with E-state index in [-0.39, 0.29) is 5.91 Å². The molecular weight excluding hydrogens is 406 g/mol. The Balaban J connectivity index is 1.57. The van der Waals surface area contributed by atoms with Gasteiger partial charge in [0.1, 0.15) is 5.69 Å². The summed E-state index contributed by atoms with van der Waals surface area (Å²) in [5.41, 5.74) is 2.87. The summed E-state index contributed by atoms with van der Waals surface area (Å²) >= 11 is 6.04. The summed E-state index contributed by atoms with van der Waals surface area (Å²) < 4.78 is 16.8. The number of hydrogen-bond acceptors (Lipinski definition) is 5. The fourth-order valence-electron chi connectivity index (χ4n) is 3.37. The number of halogens is 1. The molecule has 30 heavy (non-hydrogen) atoms. The van der Waals surface area contributed by atoms with E-state index in [1.165, 1.54) is 0 Å². The van der Waals surface area contributed by atoms with Crippen LogP contribution >= 0.6 is 11.6 Å². The first-order valence-electron chi connectivity index (χ1n) is 9.86. The van der Waals surface area contributed by atoms with Crippen molar-refractivity contribution in [3.63, 3.8) is 0 Å². The predicted octanol–water partition coefficient (Wildman–Crippen LogP) is 3.97. The number of rotatable bonds is 7. The van der Waals surface area contributed by atoms with E-state index in [4.69, 9.17) is 25.8 Å². The summed E-state index contributed by atoms with van der Waals surface area (Å²) in [6.07, 6.45) is 0.810. The van der Waals surface area contributed by atoms with Crippen molar-refractivity contribution in [2.24, 2.45) is 0 Å². The van der Waals surface area contributed by atoms with Gasteiger partial charge in [-0.05, 0) is 30.3 Å². The van der Waals surface area contributed by atoms with Gasteiger partial charge in [-0.3, -0.25) is 4.79 Å². The number of hydrogen-bond donors (Lipinski definition) is 3. The summed E-state index contributed by atoms with van der Waals surface area (Å²) in [4.78, 5) is 16.0. The van der Waals surface area contributed by atoms with E-state index in [1.807, 2.05) is 18.2 Å². The van der Waals surface area contributed by atoms with Gasteiger partial charge in [0.05, 0.1) is 19.8 Å². The number of aromatic amines is 1. The van der Waals surface area contributed by atoms with Gasteiger partial charge in [0.2, 0.25) is 0 Å². The maximum atomic E-state index is 12.8. The Bertz CT molecular complexity index is 1050. The number of H-pyrrole nitrogens is 1. The topological polar surface area (TPSA) is 84.6 Å². The first kappa shape index (κ1) is 20.5. The van der Waals surface area contributed by atoms with Crippen LogP contribution < -0.4 is 20.1 Å². The van der Waals surface area contributed by atoms with Crippen molar-refractivity contribution in [1.82, 2.24) is 10.3 Å². The third-order valence-corrected chi connectivity index (χ3v) is 5.04. The molecule has 3 aromatic rings. The van der Waals surface area contributed by atoms with E-state index in [9.17, 15) is 4.79 Å². The number of methoxy groups -OCH3 is 1. The molecule has 0 unspecified atom stereocenters. The van der Waals surface area contributed by atoms with Crippen LogP contribution in [0, 0.1) is 0 Å². The highest BCUT2D eigenvalue weighted by atomic mass is 35.5. The van der Waals surface area contributed by atoms with Crippen LogP contribution in [-0.2, 0) is 11.3 Å². The van der Waals surface area contributed by atoms with Crippen molar-refractivity contribution in [2.75, 3.05) is 38.8 Å². The number of anilines is 1. The summed E-state index contributed by atoms with van der Waals surface area (Å²) in [7, 11) is 1.67. The SMILES string of the molecule is COCCNCc1cc(NC(=O)c2cc3cc(Cl)ccc3[nH]2)cc2c1OCCCO2. The predicted molar refractivity (Wildman–Crippen MR) is 117 cm³/mol. The minimum absolute atomic E-state index is 0.241. The quantitative estimate of drug-likeness (QED) is 0.495. The molecule has 158 valence electrons. The molecule has 3 N–H and O–H groups in total. The number of aromatic nitrogens is 1. The van der Waals surface area contributed by atoms with Gasteiger partial charge in [-0.15, -0.1) is 0 Å². The molecule has 1 aromatic heterocycles. The van der Waals surface area contributed by atoms with Gasteiger partial charge < -0.3 is 29.8 Å². The van der Waals surface area contributed by atoms with Crippen LogP contribution in [0.25, 0.3) is 10.9 Å². The number of amides is 1. The lowest BCUT2D eigenvalue weighted by Gasteiger charge is -2.16. The zero-order valence-electron chi connectivity index (χ0n) is 16.7. The van der Waals surface area contributed by atoms with Crippen molar-refractivity contribution in [3.8, 4) is 11.5 Å². The molecule has 0 atom stereocenters. The van der Waals surface area contributed by atoms with Gasteiger partial charge in [0.25, 0.3) is 5.91 Å². The van der Waals surface area contributed by atoms with Crippen LogP contribution in [0.2, 0.25) is 5.02 Å². The number of benzene rings is 2. The lowest BCUT2D eigenvalue weighted by molar-refractivity contribution is 0.102. The molecule has 7 nitrogen and oxygen atoms in total. The van der Waals surface area contributed by atoms with Crippen molar-refractivity contribution in [1.29, 1.82) is 0 Å². The molecule has 0 saturated heterocycles. The van der Waals surface area contributed by atoms with E-state index in [0.717, 1.165) is 28.6 Å². The molecule has 1 aliphatic heterocycles. The minimum Gasteiger partial charge on any atom is -0.489 e. The fraction of sp³-hybridized carbons (Fsp3) is 0.318. The smallest absolute Gasteiger partial charge is 0.272 e. The highest BCUT2D eigenvalue weighted by Crippen LogP contribution is 2.37. The Kier molecular flexibility index (Phi) is 6.42. The van der Waals surface area contributed by atoms with Gasteiger partial charge in [0, 0.05) is 59.9 Å². The maximum absolute atomic E-state index is 12.8. The van der Waals surface area contributed by atoms with Crippen molar-refractivity contribution in [3.05, 3.63) is 52.7 Å². The largest absolute Gasteiger partial charge is 0.489 e. The zero-order valence-corrected chi connectivity index (χ0v) is 17.5. The Morgan fingerprint density at radius 2 is 2.07 bits per heavy atom. The molecule has 1 aliphatic rings. The highest BCUT2D eigenvalue weighted by Gasteiger charge is 2.18. The Labute approximate surface area is 179 Å². The van der Waals surface area contributed by atoms with Gasteiger partial charge >= 0.3 is 0 Å². The summed E-state index contributed by atoms with van der Waals surface area (Å²) in [6.45, 7) is 3.06. The molecule has 2 heterocycles. The van der Waals surface area contributed by atoms with Crippen molar-refractivity contribution < 1.29 is 19.0 Å². The normalized spacial score (nSPS) is 13.3. The zero-order chi connectivity index (χ0) is 20.9. The lowest BCUT2D eigenvalue weighted by atomic mass is 10.1. The molecule has 4 rings (SSSR count). The maximum Gasteiger partial charge on any atom is 0.272 e. The molecule has 0 fully saturated rings. The third-order valence-electron chi connectivity index (χ3n) is 4.81. The molecule has 1 amide bonds. The number of fused-ring (bicyclic) bond motifs is 2. The molecule has 0 radical (unpaired) electrons. The van der Waals surface area contributed by atoms with Gasteiger partial charge in [0.15, 0.2) is 11.5 Å². The number of nitrogens with one attached hydrogen (secondary N) is 3. The van der Waals surface area contributed by atoms with Gasteiger partial charge in [-0.2, -0.15) is 0 Å². The number of carbonyl (C=O) groups is 1. The molecule has 8 heteroatoms. The standard InChI is InChI=1S/C22H24ClN3O4/c1-28-8-5-24-13-15-10-17(12-20-21(15)30-7-2-6-29-20)25-22(27)19-11-14-9-16(23)3-4-18(14)26-19/h3-4,9-12,24,26H,2,5-8,13H2,1H3,(H,25,27). The van der Waals surface area contributed by atoms with Crippen LogP contribution in [-0.4, -0.2) is 44.4 Å². The average molecular weight is 430 g/mol. The first-order valence-corrected chi connectivity index (χ1v) is 10.2. The molecular formula is C22H24ClN3O4. The fourth-order valence-corrected chi connectivity index (χ4v) is 3.55. The first-order chi connectivity index (χ1) is 14.6. The second kappa shape index (κ2) is 9.38. The minimum atomic E-state index is -0.241. The van der Waals surface area contributed by atoms with Crippen LogP contribution in [0.3, 0.4) is 0 Å². The summed E-state index contributed by atoms with van der Waals surface area (Å²) in [5.74, 6) is 1.11. The number of carbonyl (C=O) groups excluding carboxylic acids is 1. The average Bonchev–Trinajstić information content (AvgIpc) is 3.01. The second-order valence-corrected chi connectivity index (χ2v) is 7.49. The van der Waals surface area contributed by atoms with Crippen LogP contribution in [0.4, 0.5) is 5.69 Å². The molecule has 2 aromatic carbocycles. The Morgan fingerprint density at radius 3 is 2.93 bits per heavy atom. The lowest BCUT2D eigenvalue weighted by Crippen LogP contribution is -2.19. The van der Waals surface area contributed by atoms with E-state index >= 15 is 0 Å². The molecule has 0 saturated carbocycles. The Morgan fingerprint density at radius 1 is 1.20 bits per heavy atom. The Hall–Kier alpha value is -2.74. The van der Waals surface area contributed by atoms with E-state index in [2.05, 4.69) is 15.6 Å². The van der Waals surface area contributed by atoms with E-state index < -0.39 is 0 Å². The number of ether oxygens (including phenoxy) is 3.